The Kier molecular flexibility index (Phi) is 6.62. The maximum absolute atomic E-state index is 13.9. The lowest BCUT2D eigenvalue weighted by molar-refractivity contribution is 0.254. The van der Waals surface area contributed by atoms with E-state index in [9.17, 15) is 23.5 Å². The number of hydrogen-bond acceptors (Lipinski definition) is 6. The number of rotatable bonds is 7. The van der Waals surface area contributed by atoms with Crippen LogP contribution >= 0.6 is 11.6 Å². The monoisotopic (exact) mass is 540 g/mol. The summed E-state index contributed by atoms with van der Waals surface area (Å²) in [6.45, 7) is 2.97. The van der Waals surface area contributed by atoms with E-state index in [4.69, 9.17) is 16.3 Å². The first-order valence-electron chi connectivity index (χ1n) is 11.8. The fourth-order valence-corrected chi connectivity index (χ4v) is 4.59. The molecular weight excluding hydrogens is 518 g/mol. The molecule has 0 saturated heterocycles. The first kappa shape index (κ1) is 25.7. The number of halogens is 3. The minimum atomic E-state index is -0.878. The van der Waals surface area contributed by atoms with Crippen LogP contribution in [0.5, 0.6) is 5.75 Å². The summed E-state index contributed by atoms with van der Waals surface area (Å²) in [5.74, 6) is -1.38. The van der Waals surface area contributed by atoms with Gasteiger partial charge in [0, 0.05) is 47.3 Å². The summed E-state index contributed by atoms with van der Waals surface area (Å²) in [4.78, 5) is 34.7. The third-order valence-corrected chi connectivity index (χ3v) is 7.12. The highest BCUT2D eigenvalue weighted by molar-refractivity contribution is 6.31. The molecule has 5 rings (SSSR count). The Labute approximate surface area is 220 Å². The summed E-state index contributed by atoms with van der Waals surface area (Å²) >= 11 is 6.35. The van der Waals surface area contributed by atoms with Gasteiger partial charge in [-0.1, -0.05) is 17.7 Å². The molecule has 4 aromatic rings. The van der Waals surface area contributed by atoms with Crippen molar-refractivity contribution >= 4 is 11.6 Å². The molecule has 4 aromatic heterocycles. The van der Waals surface area contributed by atoms with Gasteiger partial charge in [-0.15, -0.1) is 0 Å². The van der Waals surface area contributed by atoms with Crippen LogP contribution in [-0.4, -0.2) is 30.8 Å². The minimum Gasteiger partial charge on any atom is -0.485 e. The van der Waals surface area contributed by atoms with Crippen LogP contribution in [0.3, 0.4) is 0 Å². The summed E-state index contributed by atoms with van der Waals surface area (Å²) in [6.07, 6.45) is 5.48. The van der Waals surface area contributed by atoms with E-state index >= 15 is 0 Å². The number of aliphatic hydroxyl groups is 1. The van der Waals surface area contributed by atoms with E-state index in [1.54, 1.807) is 44.4 Å². The summed E-state index contributed by atoms with van der Waals surface area (Å²) < 4.78 is 35.4. The van der Waals surface area contributed by atoms with Crippen LogP contribution in [0.2, 0.25) is 5.02 Å². The molecule has 196 valence electrons. The standard InChI is InChI=1S/C27H23ClF2N4O4/c1-15-11-32-23(33-7-3-4-18(25(33)36)27(14-35)5-6-27)10-21(15)34-16(2)8-22(24(28)26(34)37)38-13-20-19(30)9-17(29)12-31-20/h3-4,7-12,35H,5-6,13-14H2,1-2H3. The van der Waals surface area contributed by atoms with Crippen LogP contribution in [0.15, 0.2) is 58.5 Å². The summed E-state index contributed by atoms with van der Waals surface area (Å²) in [7, 11) is 0. The highest BCUT2D eigenvalue weighted by Crippen LogP contribution is 2.46. The molecule has 38 heavy (non-hydrogen) atoms. The van der Waals surface area contributed by atoms with E-state index in [0.29, 0.717) is 34.4 Å². The van der Waals surface area contributed by atoms with Gasteiger partial charge in [-0.25, -0.2) is 13.8 Å². The van der Waals surface area contributed by atoms with E-state index in [2.05, 4.69) is 9.97 Å². The number of aromatic nitrogens is 4. The number of nitrogens with zero attached hydrogens (tertiary/aromatic N) is 4. The maximum Gasteiger partial charge on any atom is 0.277 e. The zero-order chi connectivity index (χ0) is 27.2. The number of aliphatic hydroxyl groups excluding tert-OH is 1. The van der Waals surface area contributed by atoms with Crippen molar-refractivity contribution in [3.05, 3.63) is 109 Å². The second-order valence-electron chi connectivity index (χ2n) is 9.34. The van der Waals surface area contributed by atoms with Gasteiger partial charge in [0.1, 0.15) is 34.7 Å². The molecule has 0 unspecified atom stereocenters. The van der Waals surface area contributed by atoms with Crippen LogP contribution in [0.4, 0.5) is 8.78 Å². The lowest BCUT2D eigenvalue weighted by Gasteiger charge is -2.18. The van der Waals surface area contributed by atoms with Gasteiger partial charge in [-0.3, -0.25) is 23.7 Å². The lowest BCUT2D eigenvalue weighted by atomic mass is 9.98. The van der Waals surface area contributed by atoms with E-state index in [-0.39, 0.29) is 35.2 Å². The Bertz CT molecular complexity index is 1680. The lowest BCUT2D eigenvalue weighted by Crippen LogP contribution is -2.29. The van der Waals surface area contributed by atoms with Crippen molar-refractivity contribution < 1.29 is 18.6 Å². The predicted octanol–water partition coefficient (Wildman–Crippen LogP) is 3.93. The summed E-state index contributed by atoms with van der Waals surface area (Å²) in [5, 5.41) is 9.56. The van der Waals surface area contributed by atoms with Gasteiger partial charge < -0.3 is 9.84 Å². The average molecular weight is 541 g/mol. The Hall–Kier alpha value is -3.89. The molecule has 0 spiro atoms. The van der Waals surface area contributed by atoms with Gasteiger partial charge in [-0.2, -0.15) is 0 Å². The normalized spacial score (nSPS) is 13.9. The average Bonchev–Trinajstić information content (AvgIpc) is 3.69. The van der Waals surface area contributed by atoms with E-state index in [1.165, 1.54) is 15.2 Å². The van der Waals surface area contributed by atoms with Gasteiger partial charge in [0.2, 0.25) is 0 Å². The molecule has 4 heterocycles. The van der Waals surface area contributed by atoms with Crippen molar-refractivity contribution in [3.8, 4) is 17.3 Å². The van der Waals surface area contributed by atoms with Crippen molar-refractivity contribution in [1.82, 2.24) is 19.1 Å². The Balaban J connectivity index is 1.52. The molecule has 11 heteroatoms. The Morgan fingerprint density at radius 1 is 1.11 bits per heavy atom. The highest BCUT2D eigenvalue weighted by atomic mass is 35.5. The Morgan fingerprint density at radius 2 is 1.87 bits per heavy atom. The molecule has 1 saturated carbocycles. The van der Waals surface area contributed by atoms with Gasteiger partial charge in [0.15, 0.2) is 5.82 Å². The van der Waals surface area contributed by atoms with Crippen LogP contribution < -0.4 is 15.9 Å². The fourth-order valence-electron chi connectivity index (χ4n) is 4.40. The smallest absolute Gasteiger partial charge is 0.277 e. The SMILES string of the molecule is Cc1cnc(-n2cccc(C3(CO)CC3)c2=O)cc1-n1c(C)cc(OCc2ncc(F)cc2F)c(Cl)c1=O. The largest absolute Gasteiger partial charge is 0.485 e. The van der Waals surface area contributed by atoms with Crippen molar-refractivity contribution in [3.63, 3.8) is 0 Å². The van der Waals surface area contributed by atoms with Gasteiger partial charge in [-0.05, 0) is 38.3 Å². The molecule has 0 amide bonds. The van der Waals surface area contributed by atoms with E-state index in [0.717, 1.165) is 19.0 Å². The molecule has 1 aliphatic rings. The zero-order valence-corrected chi connectivity index (χ0v) is 21.3. The maximum atomic E-state index is 13.9. The first-order valence-corrected chi connectivity index (χ1v) is 12.2. The molecule has 0 aromatic carbocycles. The number of ether oxygens (including phenoxy) is 1. The Morgan fingerprint density at radius 3 is 2.55 bits per heavy atom. The van der Waals surface area contributed by atoms with Crippen molar-refractivity contribution in [1.29, 1.82) is 0 Å². The van der Waals surface area contributed by atoms with E-state index in [1.807, 2.05) is 0 Å². The topological polar surface area (TPSA) is 99.2 Å². The van der Waals surface area contributed by atoms with Gasteiger partial charge in [0.25, 0.3) is 11.1 Å². The number of pyridine rings is 4. The molecule has 0 bridgehead atoms. The van der Waals surface area contributed by atoms with Crippen LogP contribution in [0, 0.1) is 25.5 Å². The molecule has 1 fully saturated rings. The molecule has 8 nitrogen and oxygen atoms in total. The molecule has 1 N–H and O–H groups in total. The fraction of sp³-hybridized carbons (Fsp3) is 0.259. The van der Waals surface area contributed by atoms with E-state index < -0.39 is 22.6 Å². The molecule has 1 aliphatic carbocycles. The van der Waals surface area contributed by atoms with Gasteiger partial charge in [0.05, 0.1) is 18.5 Å². The van der Waals surface area contributed by atoms with Crippen LogP contribution in [0.25, 0.3) is 11.5 Å². The summed E-state index contributed by atoms with van der Waals surface area (Å²) in [6, 6.07) is 7.28. The third kappa shape index (κ3) is 4.50. The highest BCUT2D eigenvalue weighted by Gasteiger charge is 2.45. The number of aryl methyl sites for hydroxylation is 2. The van der Waals surface area contributed by atoms with Crippen molar-refractivity contribution in [2.24, 2.45) is 0 Å². The van der Waals surface area contributed by atoms with Crippen LogP contribution in [-0.2, 0) is 12.0 Å². The second-order valence-corrected chi connectivity index (χ2v) is 9.72. The van der Waals surface area contributed by atoms with Crippen molar-refractivity contribution in [2.75, 3.05) is 6.61 Å². The molecular formula is C27H23ClF2N4O4. The van der Waals surface area contributed by atoms with Gasteiger partial charge >= 0.3 is 0 Å². The molecule has 0 atom stereocenters. The minimum absolute atomic E-state index is 0.0190. The van der Waals surface area contributed by atoms with Crippen molar-refractivity contribution in [2.45, 2.75) is 38.7 Å². The first-order chi connectivity index (χ1) is 18.1. The van der Waals surface area contributed by atoms with Crippen LogP contribution in [0.1, 0.15) is 35.4 Å². The quantitative estimate of drug-likeness (QED) is 0.381. The summed E-state index contributed by atoms with van der Waals surface area (Å²) in [5.41, 5.74) is 0.563. The predicted molar refractivity (Wildman–Crippen MR) is 136 cm³/mol. The number of hydrogen-bond donors (Lipinski definition) is 1. The third-order valence-electron chi connectivity index (χ3n) is 6.77. The zero-order valence-electron chi connectivity index (χ0n) is 20.5. The molecule has 0 aliphatic heterocycles. The molecule has 0 radical (unpaired) electrons. The second kappa shape index (κ2) is 9.77.